The summed E-state index contributed by atoms with van der Waals surface area (Å²) in [6, 6.07) is 0. The molecular formula is C12H24Cl2Ru. The summed E-state index contributed by atoms with van der Waals surface area (Å²) in [4.78, 5) is 0. The van der Waals surface area contributed by atoms with Gasteiger partial charge in [-0.3, -0.25) is 0 Å². The Bertz CT molecular complexity index is 56.6. The van der Waals surface area contributed by atoms with Gasteiger partial charge < -0.3 is 24.8 Å². The minimum Gasteiger partial charge on any atom is -1.00 e. The van der Waals surface area contributed by atoms with Crippen LogP contribution in [0.1, 0.15) is 77.0 Å². The molecule has 0 aromatic heterocycles. The first-order chi connectivity index (χ1) is 6.00. The van der Waals surface area contributed by atoms with E-state index in [0.29, 0.717) is 0 Å². The predicted octanol–water partition coefficient (Wildman–Crippen LogP) is -1.31. The summed E-state index contributed by atoms with van der Waals surface area (Å²) in [5.74, 6) is 0. The minimum atomic E-state index is 0. The van der Waals surface area contributed by atoms with E-state index in [0.717, 1.165) is 0 Å². The molecule has 0 unspecified atom stereocenters. The van der Waals surface area contributed by atoms with Crippen molar-refractivity contribution < 1.29 is 44.3 Å². The molecule has 0 N–H and O–H groups in total. The van der Waals surface area contributed by atoms with E-state index in [4.69, 9.17) is 0 Å². The van der Waals surface area contributed by atoms with Crippen LogP contribution in [0.2, 0.25) is 0 Å². The number of hydrogen-bond acceptors (Lipinski definition) is 0. The van der Waals surface area contributed by atoms with Gasteiger partial charge in [-0.15, -0.1) is 0 Å². The van der Waals surface area contributed by atoms with Crippen LogP contribution >= 0.6 is 0 Å². The van der Waals surface area contributed by atoms with Crippen molar-refractivity contribution in [2.24, 2.45) is 0 Å². The molecule has 0 spiro atoms. The van der Waals surface area contributed by atoms with E-state index < -0.39 is 0 Å². The third-order valence-corrected chi connectivity index (χ3v) is 3.00. The Morgan fingerprint density at radius 3 is 0.400 bits per heavy atom. The molecule has 0 nitrogen and oxygen atoms in total. The maximum absolute atomic E-state index is 1.50. The second-order valence-electron chi connectivity index (χ2n) is 4.24. The molecule has 0 bridgehead atoms. The fourth-order valence-electron chi connectivity index (χ4n) is 2.12. The third-order valence-electron chi connectivity index (χ3n) is 3.00. The van der Waals surface area contributed by atoms with Crippen molar-refractivity contribution >= 4 is 0 Å². The van der Waals surface area contributed by atoms with Gasteiger partial charge in [-0.25, -0.2) is 0 Å². The molecule has 0 atom stereocenters. The maximum Gasteiger partial charge on any atom is 2.00 e. The average Bonchev–Trinajstić information content (AvgIpc) is 2.24. The zero-order valence-electron chi connectivity index (χ0n) is 9.59. The quantitative estimate of drug-likeness (QED) is 0.481. The zero-order valence-corrected chi connectivity index (χ0v) is 12.8. The van der Waals surface area contributed by atoms with Crippen LogP contribution in [0.3, 0.4) is 0 Å². The summed E-state index contributed by atoms with van der Waals surface area (Å²) >= 11 is 0. The Hall–Kier alpha value is 1.20. The maximum atomic E-state index is 1.50. The molecule has 2 aliphatic rings. The van der Waals surface area contributed by atoms with Crippen molar-refractivity contribution in [3.8, 4) is 0 Å². The molecular weight excluding hydrogens is 316 g/mol. The Labute approximate surface area is 121 Å². The molecule has 0 amide bonds. The fourth-order valence-corrected chi connectivity index (χ4v) is 2.12. The van der Waals surface area contributed by atoms with Crippen LogP contribution in [0.5, 0.6) is 0 Å². The van der Waals surface area contributed by atoms with E-state index in [1.165, 1.54) is 77.0 Å². The largest absolute Gasteiger partial charge is 2.00 e. The molecule has 2 fully saturated rings. The first kappa shape index (κ1) is 21.5. The van der Waals surface area contributed by atoms with E-state index in [1.54, 1.807) is 0 Å². The predicted molar refractivity (Wildman–Crippen MR) is 55.4 cm³/mol. The van der Waals surface area contributed by atoms with Crippen LogP contribution in [0.15, 0.2) is 0 Å². The van der Waals surface area contributed by atoms with Crippen LogP contribution in [-0.2, 0) is 19.5 Å². The average molecular weight is 340 g/mol. The van der Waals surface area contributed by atoms with Crippen LogP contribution in [0.25, 0.3) is 0 Å². The molecule has 3 heteroatoms. The third kappa shape index (κ3) is 15.2. The summed E-state index contributed by atoms with van der Waals surface area (Å²) < 4.78 is 0. The SMILES string of the molecule is C1CCCCC1.C1CCCCC1.[Cl-].[Cl-].[Ru+2]. The standard InChI is InChI=1S/2C6H12.2ClH.Ru/c2*1-2-4-6-5-3-1;;;/h2*1-6H2;2*1H;/q;;;;+2/p-2. The van der Waals surface area contributed by atoms with E-state index in [-0.39, 0.29) is 44.3 Å². The normalized spacial score (nSPS) is 19.2. The van der Waals surface area contributed by atoms with Crippen LogP contribution < -0.4 is 24.8 Å². The summed E-state index contributed by atoms with van der Waals surface area (Å²) in [5.41, 5.74) is 0. The van der Waals surface area contributed by atoms with Gasteiger partial charge in [-0.2, -0.15) is 0 Å². The smallest absolute Gasteiger partial charge is 1.00 e. The molecule has 2 aliphatic carbocycles. The van der Waals surface area contributed by atoms with Gasteiger partial charge in [0, 0.05) is 0 Å². The van der Waals surface area contributed by atoms with Crippen LogP contribution in [0.4, 0.5) is 0 Å². The minimum absolute atomic E-state index is 0. The van der Waals surface area contributed by atoms with E-state index in [2.05, 4.69) is 0 Å². The second-order valence-corrected chi connectivity index (χ2v) is 4.24. The number of halogens is 2. The fraction of sp³-hybridized carbons (Fsp3) is 1.00. The topological polar surface area (TPSA) is 0 Å². The molecule has 0 radical (unpaired) electrons. The van der Waals surface area contributed by atoms with Crippen LogP contribution in [-0.4, -0.2) is 0 Å². The Morgan fingerprint density at radius 1 is 0.267 bits per heavy atom. The Kier molecular flexibility index (Phi) is 25.2. The molecule has 0 aromatic carbocycles. The van der Waals surface area contributed by atoms with Crippen molar-refractivity contribution in [3.63, 3.8) is 0 Å². The Balaban J connectivity index is -0.000000160. The summed E-state index contributed by atoms with van der Waals surface area (Å²) in [6.45, 7) is 0. The van der Waals surface area contributed by atoms with Crippen molar-refractivity contribution in [2.75, 3.05) is 0 Å². The van der Waals surface area contributed by atoms with Gasteiger partial charge in [-0.05, 0) is 0 Å². The molecule has 94 valence electrons. The van der Waals surface area contributed by atoms with Gasteiger partial charge in [0.15, 0.2) is 0 Å². The summed E-state index contributed by atoms with van der Waals surface area (Å²) in [6.07, 6.45) is 18.0. The molecule has 15 heavy (non-hydrogen) atoms. The van der Waals surface area contributed by atoms with Gasteiger partial charge in [0.25, 0.3) is 0 Å². The number of rotatable bonds is 0. The van der Waals surface area contributed by atoms with Crippen molar-refractivity contribution in [2.45, 2.75) is 77.0 Å². The molecule has 0 aliphatic heterocycles. The van der Waals surface area contributed by atoms with E-state index in [1.807, 2.05) is 0 Å². The van der Waals surface area contributed by atoms with Crippen molar-refractivity contribution in [1.29, 1.82) is 0 Å². The second kappa shape index (κ2) is 17.6. The van der Waals surface area contributed by atoms with Gasteiger partial charge >= 0.3 is 19.5 Å². The van der Waals surface area contributed by atoms with Gasteiger partial charge in [0.05, 0.1) is 0 Å². The van der Waals surface area contributed by atoms with Crippen molar-refractivity contribution in [1.82, 2.24) is 0 Å². The van der Waals surface area contributed by atoms with Gasteiger partial charge in [0.2, 0.25) is 0 Å². The number of hydrogen-bond donors (Lipinski definition) is 0. The summed E-state index contributed by atoms with van der Waals surface area (Å²) in [5, 5.41) is 0. The first-order valence-electron chi connectivity index (χ1n) is 6.00. The van der Waals surface area contributed by atoms with E-state index >= 15 is 0 Å². The molecule has 2 saturated carbocycles. The van der Waals surface area contributed by atoms with Crippen LogP contribution in [0, 0.1) is 0 Å². The van der Waals surface area contributed by atoms with Crippen molar-refractivity contribution in [3.05, 3.63) is 0 Å². The summed E-state index contributed by atoms with van der Waals surface area (Å²) in [7, 11) is 0. The van der Waals surface area contributed by atoms with Gasteiger partial charge in [0.1, 0.15) is 0 Å². The van der Waals surface area contributed by atoms with Gasteiger partial charge in [-0.1, -0.05) is 77.0 Å². The molecule has 0 heterocycles. The molecule has 0 aromatic rings. The molecule has 0 saturated heterocycles. The molecule has 2 rings (SSSR count). The zero-order chi connectivity index (χ0) is 8.49. The van der Waals surface area contributed by atoms with E-state index in [9.17, 15) is 0 Å². The Morgan fingerprint density at radius 2 is 0.333 bits per heavy atom. The monoisotopic (exact) mass is 340 g/mol. The first-order valence-corrected chi connectivity index (χ1v) is 6.00.